The standard InChI is InChI=1S/C48H51N4O4.CH3.U/c1-31-7-18-43(46(54)49-31)52-29-41-40(47(52)55)16-17-42-45(41)56-30-48(42)21-25-50(26-22-48)28-32-19-23-51(24-20-32)36-11-8-34(9-12-36)44-38(33-5-3-2-4-6-33)14-10-35-27-37(53)13-15-39(35)44;;/h2-6,8,11-13,15-17,27,32,38,43-44,53H,1,7,10,14,18-26,28-30H2,(H,49,54);1H3;/q2*-1;+2/t38-,43+,44+;;/m1../s1. The van der Waals surface area contributed by atoms with Crippen LogP contribution in [0.15, 0.2) is 91.1 Å². The Kier molecular flexibility index (Phi) is 11.6. The number of benzene rings is 4. The molecule has 0 unspecified atom stereocenters. The van der Waals surface area contributed by atoms with Gasteiger partial charge >= 0.3 is 31.1 Å². The molecule has 4 aromatic carbocycles. The predicted octanol–water partition coefficient (Wildman–Crippen LogP) is 7.90. The zero-order valence-electron chi connectivity index (χ0n) is 33.6. The van der Waals surface area contributed by atoms with E-state index < -0.39 is 6.04 Å². The van der Waals surface area contributed by atoms with E-state index in [-0.39, 0.29) is 61.7 Å². The molecule has 0 bridgehead atoms. The van der Waals surface area contributed by atoms with Crippen LogP contribution >= 0.6 is 0 Å². The van der Waals surface area contributed by atoms with Gasteiger partial charge in [-0.15, -0.1) is 6.07 Å². The van der Waals surface area contributed by atoms with E-state index in [4.69, 9.17) is 4.74 Å². The van der Waals surface area contributed by atoms with E-state index in [9.17, 15) is 14.7 Å². The zero-order chi connectivity index (χ0) is 38.0. The summed E-state index contributed by atoms with van der Waals surface area (Å²) < 4.78 is 6.46. The third-order valence-electron chi connectivity index (χ3n) is 14.1. The van der Waals surface area contributed by atoms with Crippen molar-refractivity contribution < 1.29 is 50.5 Å². The molecule has 10 rings (SSSR count). The molecule has 1 aliphatic carbocycles. The summed E-state index contributed by atoms with van der Waals surface area (Å²) in [6.07, 6.45) is 7.82. The van der Waals surface area contributed by atoms with Gasteiger partial charge in [0.05, 0.1) is 13.2 Å². The quantitative estimate of drug-likeness (QED) is 0.192. The smallest absolute Gasteiger partial charge is 0.508 e. The second-order valence-corrected chi connectivity index (χ2v) is 17.3. The van der Waals surface area contributed by atoms with Crippen molar-refractivity contribution in [3.63, 3.8) is 0 Å². The Balaban J connectivity index is 0.00000235. The Labute approximate surface area is 367 Å². The summed E-state index contributed by atoms with van der Waals surface area (Å²) in [7, 11) is 0. The Hall–Kier alpha value is -4.03. The number of nitrogens with one attached hydrogen (secondary N) is 1. The van der Waals surface area contributed by atoms with Gasteiger partial charge in [0.1, 0.15) is 17.5 Å². The number of phenols is 1. The number of carbonyl (C=O) groups is 2. The van der Waals surface area contributed by atoms with Crippen LogP contribution in [0.3, 0.4) is 0 Å². The number of aryl methyl sites for hydroxylation is 1. The maximum Gasteiger partial charge on any atom is 2.00 e. The van der Waals surface area contributed by atoms with Gasteiger partial charge in [0.2, 0.25) is 5.91 Å². The molecule has 9 heteroatoms. The fourth-order valence-corrected chi connectivity index (χ4v) is 10.9. The minimum atomic E-state index is -0.462. The van der Waals surface area contributed by atoms with Crippen LogP contribution in [-0.4, -0.2) is 72.1 Å². The van der Waals surface area contributed by atoms with Crippen molar-refractivity contribution >= 4 is 17.5 Å². The van der Waals surface area contributed by atoms with Crippen LogP contribution < -0.4 is 15.0 Å². The average molecular weight is 1000 g/mol. The first kappa shape index (κ1) is 40.7. The van der Waals surface area contributed by atoms with Gasteiger partial charge in [-0.2, -0.15) is 23.8 Å². The number of likely N-dealkylation sites (tertiary alicyclic amines) is 1. The number of hydrogen-bond acceptors (Lipinski definition) is 6. The van der Waals surface area contributed by atoms with Crippen molar-refractivity contribution in [3.8, 4) is 11.5 Å². The van der Waals surface area contributed by atoms with E-state index in [1.807, 2.05) is 18.2 Å². The molecule has 0 saturated carbocycles. The number of phenolic OH excluding ortho intramolecular Hbond substituents is 1. The normalized spacial score (nSPS) is 23.9. The summed E-state index contributed by atoms with van der Waals surface area (Å²) >= 11 is 0. The molecule has 4 aromatic rings. The van der Waals surface area contributed by atoms with Crippen molar-refractivity contribution in [1.82, 2.24) is 15.1 Å². The van der Waals surface area contributed by atoms with E-state index in [1.165, 1.54) is 46.3 Å². The van der Waals surface area contributed by atoms with Crippen LogP contribution in [0.1, 0.15) is 101 Å². The van der Waals surface area contributed by atoms with Crippen molar-refractivity contribution in [2.24, 2.45) is 5.92 Å². The molecular formula is C49H54N4O4U. The number of piperidine rings is 3. The number of carbonyl (C=O) groups excluding carboxylic acids is 2. The predicted molar refractivity (Wildman–Crippen MR) is 224 cm³/mol. The Bertz CT molecular complexity index is 2170. The van der Waals surface area contributed by atoms with Crippen LogP contribution in [0, 0.1) is 50.5 Å². The van der Waals surface area contributed by atoms with E-state index in [1.54, 1.807) is 4.90 Å². The number of fused-ring (bicyclic) bond motifs is 5. The van der Waals surface area contributed by atoms with E-state index in [2.05, 4.69) is 88.4 Å². The molecule has 3 atom stereocenters. The van der Waals surface area contributed by atoms with Crippen molar-refractivity contribution in [2.75, 3.05) is 44.2 Å². The van der Waals surface area contributed by atoms with Gasteiger partial charge in [0.15, 0.2) is 0 Å². The molecular weight excluding hydrogens is 947 g/mol. The molecule has 2 amide bonds. The molecule has 1 spiro atoms. The molecule has 58 heavy (non-hydrogen) atoms. The van der Waals surface area contributed by atoms with Crippen LogP contribution in [0.2, 0.25) is 0 Å². The van der Waals surface area contributed by atoms with Gasteiger partial charge in [-0.3, -0.25) is 9.59 Å². The first-order chi connectivity index (χ1) is 27.3. The summed E-state index contributed by atoms with van der Waals surface area (Å²) in [4.78, 5) is 33.1. The van der Waals surface area contributed by atoms with Crippen LogP contribution in [0.25, 0.3) is 0 Å². The van der Waals surface area contributed by atoms with Crippen LogP contribution in [0.5, 0.6) is 11.5 Å². The number of nitrogens with zero attached hydrogens (tertiary/aromatic N) is 3. The summed E-state index contributed by atoms with van der Waals surface area (Å²) in [6, 6.07) is 31.0. The average Bonchev–Trinajstić information content (AvgIpc) is 3.76. The molecule has 8 nitrogen and oxygen atoms in total. The first-order valence-corrected chi connectivity index (χ1v) is 20.8. The molecule has 5 heterocycles. The minimum Gasteiger partial charge on any atom is -0.508 e. The number of anilines is 1. The molecule has 2 N–H and O–H groups in total. The van der Waals surface area contributed by atoms with E-state index >= 15 is 0 Å². The Morgan fingerprint density at radius 2 is 1.71 bits per heavy atom. The number of allylic oxidation sites excluding steroid dienone is 1. The maximum atomic E-state index is 13.4. The van der Waals surface area contributed by atoms with Crippen molar-refractivity contribution in [3.05, 3.63) is 144 Å². The van der Waals surface area contributed by atoms with Gasteiger partial charge in [-0.1, -0.05) is 54.7 Å². The van der Waals surface area contributed by atoms with Crippen molar-refractivity contribution in [1.29, 1.82) is 0 Å². The van der Waals surface area contributed by atoms with E-state index in [0.717, 1.165) is 75.4 Å². The fourth-order valence-electron chi connectivity index (χ4n) is 10.9. The monoisotopic (exact) mass is 1000 g/mol. The van der Waals surface area contributed by atoms with Gasteiger partial charge in [-0.25, -0.2) is 0 Å². The SMILES string of the molecule is C=C1CC[C@H](N2Cc3c(ccc4c3OCC43CCN(CC4CCN(c5c[c-]c([C@@H]6c7ccc(O)cc7CC[C@@H]6c6ccccc6)cc5)CC4)CC3)C2=O)C(=O)N1.[CH3-].[U+2]. The Morgan fingerprint density at radius 3 is 2.45 bits per heavy atom. The number of aromatic hydroxyl groups is 1. The number of rotatable bonds is 6. The summed E-state index contributed by atoms with van der Waals surface area (Å²) in [6.45, 7) is 10.4. The second-order valence-electron chi connectivity index (χ2n) is 17.3. The third-order valence-corrected chi connectivity index (χ3v) is 14.1. The minimum absolute atomic E-state index is 0. The molecule has 6 aliphatic rings. The van der Waals surface area contributed by atoms with Gasteiger partial charge < -0.3 is 37.3 Å². The molecule has 3 fully saturated rings. The fraction of sp³-hybridized carbons (Fsp3) is 0.408. The maximum absolute atomic E-state index is 13.4. The summed E-state index contributed by atoms with van der Waals surface area (Å²) in [5, 5.41) is 13.1. The van der Waals surface area contributed by atoms with Crippen LogP contribution in [-0.2, 0) is 23.2 Å². The molecule has 0 radical (unpaired) electrons. The number of amides is 2. The third kappa shape index (κ3) is 7.30. The zero-order valence-corrected chi connectivity index (χ0v) is 37.8. The summed E-state index contributed by atoms with van der Waals surface area (Å²) in [5.74, 6) is 2.31. The van der Waals surface area contributed by atoms with Crippen LogP contribution in [0.4, 0.5) is 5.69 Å². The largest absolute Gasteiger partial charge is 2.00 e. The number of hydrogen-bond donors (Lipinski definition) is 2. The molecule has 3 saturated heterocycles. The number of ether oxygens (including phenoxy) is 1. The van der Waals surface area contributed by atoms with Gasteiger partial charge in [-0.05, 0) is 117 Å². The Morgan fingerprint density at radius 1 is 0.914 bits per heavy atom. The van der Waals surface area contributed by atoms with Crippen molar-refractivity contribution in [2.45, 2.75) is 81.2 Å². The molecule has 5 aliphatic heterocycles. The summed E-state index contributed by atoms with van der Waals surface area (Å²) in [5.41, 5.74) is 10.0. The van der Waals surface area contributed by atoms with Gasteiger partial charge in [0.25, 0.3) is 5.91 Å². The first-order valence-electron chi connectivity index (χ1n) is 20.8. The molecule has 298 valence electrons. The van der Waals surface area contributed by atoms with Gasteiger partial charge in [0, 0.05) is 47.4 Å². The molecule has 0 aromatic heterocycles. The topological polar surface area (TPSA) is 85.4 Å². The second kappa shape index (κ2) is 16.6. The van der Waals surface area contributed by atoms with E-state index in [0.29, 0.717) is 49.1 Å².